The van der Waals surface area contributed by atoms with Crippen molar-refractivity contribution in [2.24, 2.45) is 0 Å². The van der Waals surface area contributed by atoms with Crippen molar-refractivity contribution in [3.8, 4) is 0 Å². The fourth-order valence-corrected chi connectivity index (χ4v) is 2.64. The highest BCUT2D eigenvalue weighted by Crippen LogP contribution is 2.24. The molecule has 1 amide bonds. The van der Waals surface area contributed by atoms with Crippen LogP contribution in [0.15, 0.2) is 16.5 Å². The first-order valence-corrected chi connectivity index (χ1v) is 8.10. The third-order valence-corrected chi connectivity index (χ3v) is 4.11. The second-order valence-corrected chi connectivity index (χ2v) is 5.85. The monoisotopic (exact) mass is 313 g/mol. The van der Waals surface area contributed by atoms with E-state index in [-0.39, 0.29) is 17.8 Å². The summed E-state index contributed by atoms with van der Waals surface area (Å²) in [6, 6.07) is 3.45. The molecule has 0 fully saturated rings. The number of thioether (sulfide) groups is 1. The quantitative estimate of drug-likeness (QED) is 0.883. The van der Waals surface area contributed by atoms with Crippen molar-refractivity contribution in [1.82, 2.24) is 10.2 Å². The van der Waals surface area contributed by atoms with E-state index in [1.165, 1.54) is 11.3 Å². The van der Waals surface area contributed by atoms with E-state index < -0.39 is 0 Å². The third-order valence-electron chi connectivity index (χ3n) is 2.53. The summed E-state index contributed by atoms with van der Waals surface area (Å²) in [6.45, 7) is 1.87. The summed E-state index contributed by atoms with van der Waals surface area (Å²) >= 11 is 2.91. The molecule has 0 saturated heterocycles. The van der Waals surface area contributed by atoms with Crippen LogP contribution in [0, 0.1) is 0 Å². The van der Waals surface area contributed by atoms with Gasteiger partial charge < -0.3 is 9.15 Å². The highest BCUT2D eigenvalue weighted by Gasteiger charge is 2.16. The molecular formula is C12H15N3O3S2. The number of anilines is 1. The standard InChI is InChI=1S/C12H15N3O3S2/c1-7(17-2)11-14-15-12(20-11)13-10(16)9-5-4-8(18-9)6-19-3/h4-5,7H,6H2,1-3H3,(H,13,15,16). The van der Waals surface area contributed by atoms with E-state index in [0.29, 0.717) is 10.1 Å². The fraction of sp³-hybridized carbons (Fsp3) is 0.417. The highest BCUT2D eigenvalue weighted by atomic mass is 32.2. The first-order chi connectivity index (χ1) is 9.63. The summed E-state index contributed by atoms with van der Waals surface area (Å²) < 4.78 is 10.6. The SMILES string of the molecule is COC(C)c1nnc(NC(=O)c2ccc(CSC)o2)s1. The van der Waals surface area contributed by atoms with Gasteiger partial charge in [0.15, 0.2) is 5.76 Å². The number of amides is 1. The Kier molecular flexibility index (Phi) is 5.16. The molecule has 2 aromatic heterocycles. The lowest BCUT2D eigenvalue weighted by Gasteiger charge is -2.02. The number of furan rings is 1. The Hall–Kier alpha value is -1.38. The maximum Gasteiger partial charge on any atom is 0.293 e. The number of nitrogens with zero attached hydrogens (tertiary/aromatic N) is 2. The smallest absolute Gasteiger partial charge is 0.293 e. The zero-order valence-electron chi connectivity index (χ0n) is 11.4. The van der Waals surface area contributed by atoms with Gasteiger partial charge in [-0.05, 0) is 25.3 Å². The number of ether oxygens (including phenoxy) is 1. The van der Waals surface area contributed by atoms with Gasteiger partial charge in [-0.3, -0.25) is 10.1 Å². The molecule has 8 heteroatoms. The second kappa shape index (κ2) is 6.87. The molecule has 0 aliphatic carbocycles. The zero-order chi connectivity index (χ0) is 14.5. The summed E-state index contributed by atoms with van der Waals surface area (Å²) in [5.74, 6) is 1.45. The maximum atomic E-state index is 12.0. The minimum atomic E-state index is -0.329. The molecule has 0 bridgehead atoms. The van der Waals surface area contributed by atoms with Crippen LogP contribution in [0.3, 0.4) is 0 Å². The number of hydrogen-bond donors (Lipinski definition) is 1. The van der Waals surface area contributed by atoms with Gasteiger partial charge in [0.2, 0.25) is 5.13 Å². The molecule has 0 aromatic carbocycles. The van der Waals surface area contributed by atoms with E-state index in [4.69, 9.17) is 9.15 Å². The molecule has 1 unspecified atom stereocenters. The Morgan fingerprint density at radius 1 is 1.55 bits per heavy atom. The maximum absolute atomic E-state index is 12.0. The van der Waals surface area contributed by atoms with Crippen LogP contribution in [-0.2, 0) is 10.5 Å². The first-order valence-electron chi connectivity index (χ1n) is 5.89. The molecular weight excluding hydrogens is 298 g/mol. The molecule has 1 N–H and O–H groups in total. The summed E-state index contributed by atoms with van der Waals surface area (Å²) in [7, 11) is 1.60. The van der Waals surface area contributed by atoms with Gasteiger partial charge in [0.25, 0.3) is 5.91 Å². The van der Waals surface area contributed by atoms with Crippen molar-refractivity contribution in [3.63, 3.8) is 0 Å². The number of aromatic nitrogens is 2. The average molecular weight is 313 g/mol. The Morgan fingerprint density at radius 3 is 3.05 bits per heavy atom. The van der Waals surface area contributed by atoms with Crippen molar-refractivity contribution in [1.29, 1.82) is 0 Å². The predicted molar refractivity (Wildman–Crippen MR) is 79.2 cm³/mol. The average Bonchev–Trinajstić information content (AvgIpc) is 3.07. The molecule has 0 aliphatic heterocycles. The van der Waals surface area contributed by atoms with E-state index >= 15 is 0 Å². The van der Waals surface area contributed by atoms with Crippen molar-refractivity contribution >= 4 is 34.1 Å². The number of carbonyl (C=O) groups is 1. The Morgan fingerprint density at radius 2 is 2.35 bits per heavy atom. The molecule has 0 saturated carbocycles. The topological polar surface area (TPSA) is 77.3 Å². The number of carbonyl (C=O) groups excluding carboxylic acids is 1. The molecule has 2 rings (SSSR count). The number of rotatable bonds is 6. The fourth-order valence-electron chi connectivity index (χ4n) is 1.43. The van der Waals surface area contributed by atoms with E-state index in [0.717, 1.165) is 11.5 Å². The van der Waals surface area contributed by atoms with Crippen molar-refractivity contribution < 1.29 is 13.9 Å². The molecule has 0 aliphatic rings. The van der Waals surface area contributed by atoms with E-state index in [9.17, 15) is 4.79 Å². The van der Waals surface area contributed by atoms with Crippen LogP contribution >= 0.6 is 23.1 Å². The number of hydrogen-bond acceptors (Lipinski definition) is 7. The molecule has 20 heavy (non-hydrogen) atoms. The van der Waals surface area contributed by atoms with Crippen LogP contribution in [0.25, 0.3) is 0 Å². The van der Waals surface area contributed by atoms with Gasteiger partial charge in [0.1, 0.15) is 16.9 Å². The molecule has 1 atom stereocenters. The van der Waals surface area contributed by atoms with Crippen LogP contribution in [0.1, 0.15) is 34.4 Å². The predicted octanol–water partition coefficient (Wildman–Crippen LogP) is 2.95. The minimum absolute atomic E-state index is 0.144. The summed E-state index contributed by atoms with van der Waals surface area (Å²) in [4.78, 5) is 12.0. The molecule has 2 aromatic rings. The van der Waals surface area contributed by atoms with Gasteiger partial charge in [-0.15, -0.1) is 10.2 Å². The van der Waals surface area contributed by atoms with E-state index in [2.05, 4.69) is 15.5 Å². The van der Waals surface area contributed by atoms with Crippen molar-refractivity contribution in [2.75, 3.05) is 18.7 Å². The van der Waals surface area contributed by atoms with Gasteiger partial charge in [0.05, 0.1) is 5.75 Å². The number of methoxy groups -OCH3 is 1. The normalized spacial score (nSPS) is 12.3. The van der Waals surface area contributed by atoms with E-state index in [1.807, 2.05) is 13.2 Å². The highest BCUT2D eigenvalue weighted by molar-refractivity contribution is 7.97. The van der Waals surface area contributed by atoms with Crippen molar-refractivity contribution in [3.05, 3.63) is 28.7 Å². The summed E-state index contributed by atoms with van der Waals surface area (Å²) in [6.07, 6.45) is 1.83. The Labute approximate surface area is 124 Å². The molecule has 6 nitrogen and oxygen atoms in total. The van der Waals surface area contributed by atoms with Gasteiger partial charge in [0, 0.05) is 7.11 Å². The summed E-state index contributed by atoms with van der Waals surface area (Å²) in [5.41, 5.74) is 0. The summed E-state index contributed by atoms with van der Waals surface area (Å²) in [5, 5.41) is 11.7. The third kappa shape index (κ3) is 3.59. The van der Waals surface area contributed by atoms with Crippen molar-refractivity contribution in [2.45, 2.75) is 18.8 Å². The van der Waals surface area contributed by atoms with Gasteiger partial charge in [-0.25, -0.2) is 0 Å². The van der Waals surface area contributed by atoms with Crippen LogP contribution in [0.2, 0.25) is 0 Å². The molecule has 0 radical (unpaired) electrons. The van der Waals surface area contributed by atoms with Crippen LogP contribution in [0.4, 0.5) is 5.13 Å². The number of nitrogens with one attached hydrogen (secondary N) is 1. The first kappa shape index (κ1) is 15.0. The Bertz CT molecular complexity index is 582. The van der Waals surface area contributed by atoms with Crippen LogP contribution in [0.5, 0.6) is 0 Å². The Balaban J connectivity index is 2.01. The lowest BCUT2D eigenvalue weighted by Crippen LogP contribution is -2.10. The molecule has 0 spiro atoms. The lowest BCUT2D eigenvalue weighted by atomic mass is 10.4. The van der Waals surface area contributed by atoms with Gasteiger partial charge in [-0.1, -0.05) is 11.3 Å². The largest absolute Gasteiger partial charge is 0.455 e. The second-order valence-electron chi connectivity index (χ2n) is 3.98. The van der Waals surface area contributed by atoms with Gasteiger partial charge in [-0.2, -0.15) is 11.8 Å². The van der Waals surface area contributed by atoms with E-state index in [1.54, 1.807) is 31.0 Å². The lowest BCUT2D eigenvalue weighted by molar-refractivity contribution is 0.0995. The minimum Gasteiger partial charge on any atom is -0.455 e. The van der Waals surface area contributed by atoms with Gasteiger partial charge >= 0.3 is 0 Å². The van der Waals surface area contributed by atoms with Crippen LogP contribution in [-0.4, -0.2) is 29.5 Å². The molecule has 108 valence electrons. The van der Waals surface area contributed by atoms with Crippen LogP contribution < -0.4 is 5.32 Å². The zero-order valence-corrected chi connectivity index (χ0v) is 13.0. The molecule has 2 heterocycles.